The van der Waals surface area contributed by atoms with Crippen molar-refractivity contribution in [1.82, 2.24) is 0 Å². The second kappa shape index (κ2) is 6.39. The van der Waals surface area contributed by atoms with Gasteiger partial charge in [-0.1, -0.05) is 5.69 Å². The van der Waals surface area contributed by atoms with E-state index in [2.05, 4.69) is 18.8 Å². The van der Waals surface area contributed by atoms with Crippen LogP contribution in [-0.4, -0.2) is 0 Å². The Kier molecular flexibility index (Phi) is 6.58. The first-order chi connectivity index (χ1) is 4.39. The topological polar surface area (TPSA) is 26.0 Å². The molecule has 0 atom stereocenters. The van der Waals surface area contributed by atoms with Gasteiger partial charge in [-0.25, -0.2) is 0 Å². The van der Waals surface area contributed by atoms with E-state index in [1.54, 1.807) is 32.5 Å². The summed E-state index contributed by atoms with van der Waals surface area (Å²) in [6, 6.07) is 10.2. The molecule has 0 bridgehead atoms. The molecule has 1 aromatic rings. The summed E-state index contributed by atoms with van der Waals surface area (Å²) >= 11 is 5.87. The average Bonchev–Trinajstić information content (AvgIpc) is 1.94. The van der Waals surface area contributed by atoms with Crippen LogP contribution in [0.1, 0.15) is 0 Å². The molecule has 0 amide bonds. The van der Waals surface area contributed by atoms with Crippen LogP contribution in [0.2, 0.25) is 0 Å². The van der Waals surface area contributed by atoms with Gasteiger partial charge in [0, 0.05) is 0 Å². The molecule has 9 heavy (non-hydrogen) atoms. The van der Waals surface area contributed by atoms with E-state index in [4.69, 9.17) is 5.73 Å². The first-order valence-electron chi connectivity index (χ1n) is 2.23. The number of rotatable bonds is 0. The van der Waals surface area contributed by atoms with E-state index in [1.807, 2.05) is 12.1 Å². The molecule has 2 N–H and O–H groups in total. The van der Waals surface area contributed by atoms with Gasteiger partial charge in [-0.05, 0) is 0 Å². The molecule has 0 aliphatic carbocycles. The van der Waals surface area contributed by atoms with Gasteiger partial charge < -0.3 is 5.73 Å². The number of anilines is 1. The molecular weight excluding hydrogens is 277 g/mol. The molecule has 1 rings (SSSR count). The molecule has 1 aromatic carbocycles. The SMILES string of the molecule is Nc1[c-]cccc1.[Cu+][I]. The van der Waals surface area contributed by atoms with Gasteiger partial charge in [0.15, 0.2) is 0 Å². The average molecular weight is 283 g/mol. The molecule has 0 saturated carbocycles. The molecule has 0 spiro atoms. The molecule has 0 aliphatic heterocycles. The molecule has 0 aliphatic rings. The van der Waals surface area contributed by atoms with Crippen LogP contribution in [0.3, 0.4) is 0 Å². The van der Waals surface area contributed by atoms with Crippen molar-refractivity contribution < 1.29 is 12.8 Å². The van der Waals surface area contributed by atoms with Crippen molar-refractivity contribution in [3.05, 3.63) is 30.3 Å². The van der Waals surface area contributed by atoms with E-state index in [-0.39, 0.29) is 0 Å². The van der Waals surface area contributed by atoms with Gasteiger partial charge in [-0.3, -0.25) is 0 Å². The van der Waals surface area contributed by atoms with E-state index in [0.717, 1.165) is 0 Å². The third kappa shape index (κ3) is 4.75. The Morgan fingerprint density at radius 1 is 1.44 bits per heavy atom. The zero-order valence-corrected chi connectivity index (χ0v) is 7.67. The summed E-state index contributed by atoms with van der Waals surface area (Å²) in [5, 5.41) is 0. The fourth-order valence-corrected chi connectivity index (χ4v) is 0.407. The second-order valence-corrected chi connectivity index (χ2v) is 1.32. The van der Waals surface area contributed by atoms with E-state index in [1.165, 1.54) is 0 Å². The first-order valence-corrected chi connectivity index (χ1v) is 5.27. The number of nitrogens with two attached hydrogens (primary N) is 1. The molecule has 1 nitrogen and oxygen atoms in total. The van der Waals surface area contributed by atoms with Gasteiger partial charge >= 0.3 is 33.1 Å². The third-order valence-corrected chi connectivity index (χ3v) is 0.733. The van der Waals surface area contributed by atoms with Crippen molar-refractivity contribution in [2.24, 2.45) is 0 Å². The molecular formula is C6H6CuIN. The van der Waals surface area contributed by atoms with E-state index in [0.29, 0.717) is 5.69 Å². The van der Waals surface area contributed by atoms with Crippen LogP contribution in [0.25, 0.3) is 0 Å². The Bertz CT molecular complexity index is 143. The molecule has 53 valence electrons. The fourth-order valence-electron chi connectivity index (χ4n) is 0.407. The molecule has 0 radical (unpaired) electrons. The van der Waals surface area contributed by atoms with E-state index < -0.39 is 0 Å². The van der Waals surface area contributed by atoms with Crippen LogP contribution < -0.4 is 5.73 Å². The minimum absolute atomic E-state index is 0.697. The number of hydrogen-bond acceptors (Lipinski definition) is 1. The zero-order valence-electron chi connectivity index (χ0n) is 4.57. The summed E-state index contributed by atoms with van der Waals surface area (Å²) in [5.74, 6) is 0. The predicted molar refractivity (Wildman–Crippen MR) is 43.7 cm³/mol. The van der Waals surface area contributed by atoms with Gasteiger partial charge in [0.1, 0.15) is 0 Å². The van der Waals surface area contributed by atoms with Crippen molar-refractivity contribution >= 4 is 26.0 Å². The molecule has 0 saturated heterocycles. The van der Waals surface area contributed by atoms with Crippen LogP contribution in [0.5, 0.6) is 0 Å². The number of para-hydroxylation sites is 1. The second-order valence-electron chi connectivity index (χ2n) is 1.32. The fraction of sp³-hybridized carbons (Fsp3) is 0. The van der Waals surface area contributed by atoms with Gasteiger partial charge in [-0.15, -0.1) is 6.07 Å². The van der Waals surface area contributed by atoms with Crippen LogP contribution in [0, 0.1) is 6.07 Å². The summed E-state index contributed by atoms with van der Waals surface area (Å²) in [6.07, 6.45) is 0. The summed E-state index contributed by atoms with van der Waals surface area (Å²) in [6.45, 7) is 0. The van der Waals surface area contributed by atoms with Crippen molar-refractivity contribution in [2.75, 3.05) is 5.73 Å². The van der Waals surface area contributed by atoms with Gasteiger partial charge in [0.2, 0.25) is 0 Å². The Morgan fingerprint density at radius 3 is 2.33 bits per heavy atom. The number of nitrogen functional groups attached to an aromatic ring is 1. The molecule has 0 unspecified atom stereocenters. The van der Waals surface area contributed by atoms with Crippen molar-refractivity contribution in [3.8, 4) is 0 Å². The maximum atomic E-state index is 5.30. The van der Waals surface area contributed by atoms with Crippen molar-refractivity contribution in [3.63, 3.8) is 0 Å². The third-order valence-electron chi connectivity index (χ3n) is 0.733. The van der Waals surface area contributed by atoms with Gasteiger partial charge in [0.05, 0.1) is 0 Å². The van der Waals surface area contributed by atoms with Crippen LogP contribution >= 0.6 is 20.3 Å². The summed E-state index contributed by atoms with van der Waals surface area (Å²) < 4.78 is 0. The Balaban J connectivity index is 0.000000291. The van der Waals surface area contributed by atoms with Crippen molar-refractivity contribution in [1.29, 1.82) is 0 Å². The minimum atomic E-state index is 0.697. The molecule has 0 aromatic heterocycles. The molecule has 0 fully saturated rings. The summed E-state index contributed by atoms with van der Waals surface area (Å²) in [5.41, 5.74) is 6.00. The predicted octanol–water partition coefficient (Wildman–Crippen LogP) is 1.95. The summed E-state index contributed by atoms with van der Waals surface area (Å²) in [4.78, 5) is 0. The summed E-state index contributed by atoms with van der Waals surface area (Å²) in [7, 11) is 0. The quantitative estimate of drug-likeness (QED) is 0.335. The van der Waals surface area contributed by atoms with Crippen LogP contribution in [0.15, 0.2) is 24.3 Å². The Morgan fingerprint density at radius 2 is 2.11 bits per heavy atom. The number of benzene rings is 1. The molecule has 3 heteroatoms. The van der Waals surface area contributed by atoms with E-state index in [9.17, 15) is 0 Å². The number of halogens is 1. The maximum absolute atomic E-state index is 5.30. The Hall–Kier alpha value is 0.269. The number of hydrogen-bond donors (Lipinski definition) is 1. The van der Waals surface area contributed by atoms with Crippen LogP contribution in [-0.2, 0) is 12.8 Å². The van der Waals surface area contributed by atoms with Crippen LogP contribution in [0.4, 0.5) is 5.69 Å². The van der Waals surface area contributed by atoms with E-state index >= 15 is 0 Å². The van der Waals surface area contributed by atoms with Gasteiger partial charge in [0.25, 0.3) is 0 Å². The first kappa shape index (κ1) is 9.27. The zero-order chi connectivity index (χ0) is 7.11. The monoisotopic (exact) mass is 282 g/mol. The Labute approximate surface area is 74.6 Å². The molecule has 0 heterocycles. The van der Waals surface area contributed by atoms with Crippen molar-refractivity contribution in [2.45, 2.75) is 0 Å². The van der Waals surface area contributed by atoms with Gasteiger partial charge in [-0.2, -0.15) is 24.3 Å². The standard InChI is InChI=1S/C6H6N.Cu.HI/c7-6-4-2-1-3-5-6;;/h1-4H,7H2;;1H/q-1;+2;/p-1. The normalized spacial score (nSPS) is 7.44.